The first kappa shape index (κ1) is 18.0. The van der Waals surface area contributed by atoms with Crippen molar-refractivity contribution in [3.05, 3.63) is 30.1 Å². The number of aromatic nitrogens is 2. The van der Waals surface area contributed by atoms with Crippen molar-refractivity contribution in [1.29, 1.82) is 0 Å². The molecule has 6 nitrogen and oxygen atoms in total. The number of carbonyl (C=O) groups is 2. The first-order chi connectivity index (χ1) is 11.2. The van der Waals surface area contributed by atoms with Gasteiger partial charge in [0, 0.05) is 12.4 Å². The lowest BCUT2D eigenvalue weighted by Gasteiger charge is -2.13. The van der Waals surface area contributed by atoms with Crippen molar-refractivity contribution >= 4 is 34.6 Å². The summed E-state index contributed by atoms with van der Waals surface area (Å²) in [5.74, 6) is -1.92. The Labute approximate surface area is 139 Å². The number of nitrogens with one attached hydrogen (secondary N) is 2. The van der Waals surface area contributed by atoms with E-state index in [-0.39, 0.29) is 10.5 Å². The Morgan fingerprint density at radius 2 is 1.88 bits per heavy atom. The molecule has 0 saturated heterocycles. The Balaban J connectivity index is 2.36. The van der Waals surface area contributed by atoms with Crippen LogP contribution in [0.2, 0.25) is 0 Å². The zero-order valence-corrected chi connectivity index (χ0v) is 13.5. The van der Waals surface area contributed by atoms with Gasteiger partial charge in [-0.3, -0.25) is 10.1 Å². The van der Waals surface area contributed by atoms with Gasteiger partial charge in [0.2, 0.25) is 11.7 Å². The van der Waals surface area contributed by atoms with Gasteiger partial charge in [-0.1, -0.05) is 30.0 Å². The fourth-order valence-corrected chi connectivity index (χ4v) is 2.70. The Kier molecular flexibility index (Phi) is 5.27. The van der Waals surface area contributed by atoms with Gasteiger partial charge in [0.25, 0.3) is 0 Å². The predicted octanol–water partition coefficient (Wildman–Crippen LogP) is 2.58. The van der Waals surface area contributed by atoms with E-state index in [0.29, 0.717) is 5.39 Å². The quantitative estimate of drug-likeness (QED) is 0.651. The molecule has 1 aromatic carbocycles. The maximum Gasteiger partial charge on any atom is 0.451 e. The second-order valence-electron chi connectivity index (χ2n) is 4.70. The highest BCUT2D eigenvalue weighted by Gasteiger charge is 2.36. The molecule has 0 radical (unpaired) electrons. The zero-order chi connectivity index (χ0) is 17.9. The maximum atomic E-state index is 12.9. The van der Waals surface area contributed by atoms with Crippen LogP contribution >= 0.6 is 11.8 Å². The number of hydrogen-bond acceptors (Lipinski definition) is 5. The Morgan fingerprint density at radius 3 is 2.50 bits per heavy atom. The van der Waals surface area contributed by atoms with E-state index in [1.807, 2.05) is 0 Å². The van der Waals surface area contributed by atoms with E-state index < -0.39 is 29.2 Å². The Bertz CT molecular complexity index is 782. The molecule has 2 aromatic rings. The van der Waals surface area contributed by atoms with Crippen molar-refractivity contribution in [3.8, 4) is 0 Å². The van der Waals surface area contributed by atoms with Crippen LogP contribution in [0.15, 0.2) is 29.3 Å². The number of nitrogens with zero attached hydrogens (tertiary/aromatic N) is 2. The van der Waals surface area contributed by atoms with Crippen molar-refractivity contribution in [2.24, 2.45) is 0 Å². The van der Waals surface area contributed by atoms with Crippen molar-refractivity contribution in [1.82, 2.24) is 20.6 Å². The van der Waals surface area contributed by atoms with Crippen molar-refractivity contribution in [2.45, 2.75) is 23.4 Å². The minimum Gasteiger partial charge on any atom is -0.341 e. The minimum atomic E-state index is -4.70. The first-order valence-corrected chi connectivity index (χ1v) is 7.63. The van der Waals surface area contributed by atoms with Gasteiger partial charge < -0.3 is 5.32 Å². The summed E-state index contributed by atoms with van der Waals surface area (Å²) >= 11 is 0.821. The molecule has 1 aromatic heterocycles. The molecule has 0 spiro atoms. The van der Waals surface area contributed by atoms with Gasteiger partial charge in [0.15, 0.2) is 0 Å². The van der Waals surface area contributed by atoms with E-state index in [9.17, 15) is 22.8 Å². The molecule has 0 unspecified atom stereocenters. The van der Waals surface area contributed by atoms with Crippen LogP contribution in [0.3, 0.4) is 0 Å². The van der Waals surface area contributed by atoms with Crippen molar-refractivity contribution in [2.75, 3.05) is 7.05 Å². The predicted molar refractivity (Wildman–Crippen MR) is 82.5 cm³/mol. The summed E-state index contributed by atoms with van der Waals surface area (Å²) < 4.78 is 38.8. The van der Waals surface area contributed by atoms with E-state index in [4.69, 9.17) is 0 Å². The van der Waals surface area contributed by atoms with Crippen LogP contribution in [-0.2, 0) is 11.0 Å². The molecule has 0 saturated carbocycles. The van der Waals surface area contributed by atoms with Gasteiger partial charge in [-0.15, -0.1) is 0 Å². The fourth-order valence-electron chi connectivity index (χ4n) is 1.76. The number of urea groups is 1. The number of para-hydroxylation sites is 1. The lowest BCUT2D eigenvalue weighted by molar-refractivity contribution is -0.145. The van der Waals surface area contributed by atoms with E-state index in [0.717, 1.165) is 11.8 Å². The van der Waals surface area contributed by atoms with E-state index in [2.05, 4.69) is 20.6 Å². The molecular weight excluding hydrogens is 345 g/mol. The lowest BCUT2D eigenvalue weighted by Crippen LogP contribution is -2.41. The molecule has 1 heterocycles. The van der Waals surface area contributed by atoms with Crippen LogP contribution in [-0.4, -0.2) is 34.2 Å². The highest BCUT2D eigenvalue weighted by Crippen LogP contribution is 2.33. The molecule has 0 fully saturated rings. The molecule has 1 atom stereocenters. The van der Waals surface area contributed by atoms with Gasteiger partial charge in [0.05, 0.1) is 10.8 Å². The Hall–Kier alpha value is -2.36. The normalized spacial score (nSPS) is 12.7. The van der Waals surface area contributed by atoms with E-state index in [1.54, 1.807) is 18.2 Å². The summed E-state index contributed by atoms with van der Waals surface area (Å²) in [5, 5.41) is 3.87. The molecule has 2 rings (SSSR count). The van der Waals surface area contributed by atoms with Crippen molar-refractivity contribution in [3.63, 3.8) is 0 Å². The molecular formula is C14H13F3N4O2S. The molecule has 0 aliphatic heterocycles. The second-order valence-corrected chi connectivity index (χ2v) is 6.03. The molecule has 3 amide bonds. The van der Waals surface area contributed by atoms with Crippen LogP contribution < -0.4 is 10.6 Å². The van der Waals surface area contributed by atoms with Gasteiger partial charge in [-0.25, -0.2) is 14.8 Å². The highest BCUT2D eigenvalue weighted by atomic mass is 32.2. The summed E-state index contributed by atoms with van der Waals surface area (Å²) in [6.07, 6.45) is -4.70. The maximum absolute atomic E-state index is 12.9. The number of imide groups is 1. The molecule has 10 heteroatoms. The number of fused-ring (bicyclic) bond motifs is 1. The zero-order valence-electron chi connectivity index (χ0n) is 12.6. The van der Waals surface area contributed by atoms with Gasteiger partial charge in [-0.2, -0.15) is 13.2 Å². The average Bonchev–Trinajstić information content (AvgIpc) is 2.53. The third-order valence-electron chi connectivity index (χ3n) is 2.94. The number of thioether (sulfide) groups is 1. The summed E-state index contributed by atoms with van der Waals surface area (Å²) in [5.41, 5.74) is 0.126. The number of rotatable bonds is 3. The van der Waals surface area contributed by atoms with E-state index in [1.165, 1.54) is 20.0 Å². The van der Waals surface area contributed by atoms with Crippen LogP contribution in [0, 0.1) is 0 Å². The monoisotopic (exact) mass is 358 g/mol. The van der Waals surface area contributed by atoms with Crippen LogP contribution in [0.1, 0.15) is 12.7 Å². The third-order valence-corrected chi connectivity index (χ3v) is 4.05. The molecule has 24 heavy (non-hydrogen) atoms. The fraction of sp³-hybridized carbons (Fsp3) is 0.286. The van der Waals surface area contributed by atoms with Gasteiger partial charge in [-0.05, 0) is 13.0 Å². The summed E-state index contributed by atoms with van der Waals surface area (Å²) in [4.78, 5) is 30.1. The first-order valence-electron chi connectivity index (χ1n) is 6.75. The number of carbonyl (C=O) groups excluding carboxylic acids is 2. The largest absolute Gasteiger partial charge is 0.451 e. The molecule has 128 valence electrons. The summed E-state index contributed by atoms with van der Waals surface area (Å²) in [6, 6.07) is 5.51. The number of hydrogen-bond donors (Lipinski definition) is 2. The molecule has 0 aliphatic carbocycles. The standard InChI is InChI=1S/C14H13F3N4O2S/c1-7(10(22)20-13(23)18-2)24-11-8-5-3-4-6-9(8)19-12(21-11)14(15,16)17/h3-7H,1-2H3,(H2,18,20,22,23)/t7-/m1/s1. The number of amides is 3. The smallest absolute Gasteiger partial charge is 0.341 e. The molecule has 0 aliphatic rings. The Morgan fingerprint density at radius 1 is 1.21 bits per heavy atom. The van der Waals surface area contributed by atoms with E-state index >= 15 is 0 Å². The number of alkyl halides is 3. The summed E-state index contributed by atoms with van der Waals surface area (Å²) in [6.45, 7) is 1.47. The van der Waals surface area contributed by atoms with Crippen molar-refractivity contribution < 1.29 is 22.8 Å². The average molecular weight is 358 g/mol. The number of benzene rings is 1. The second kappa shape index (κ2) is 7.04. The van der Waals surface area contributed by atoms with Crippen LogP contribution in [0.5, 0.6) is 0 Å². The molecule has 0 bridgehead atoms. The highest BCUT2D eigenvalue weighted by molar-refractivity contribution is 8.00. The minimum absolute atomic E-state index is 0.0208. The topological polar surface area (TPSA) is 84.0 Å². The van der Waals surface area contributed by atoms with Crippen LogP contribution in [0.4, 0.5) is 18.0 Å². The van der Waals surface area contributed by atoms with Gasteiger partial charge >= 0.3 is 12.2 Å². The van der Waals surface area contributed by atoms with Crippen LogP contribution in [0.25, 0.3) is 10.9 Å². The SMILES string of the molecule is CNC(=O)NC(=O)[C@@H](C)Sc1nc(C(F)(F)F)nc2ccccc12. The third kappa shape index (κ3) is 4.13. The number of halogens is 3. The molecule has 2 N–H and O–H groups in total. The van der Waals surface area contributed by atoms with Gasteiger partial charge in [0.1, 0.15) is 5.03 Å². The summed E-state index contributed by atoms with van der Waals surface area (Å²) in [7, 11) is 1.34. The lowest BCUT2D eigenvalue weighted by atomic mass is 10.2.